The van der Waals surface area contributed by atoms with Crippen molar-refractivity contribution < 1.29 is 37.4 Å². The van der Waals surface area contributed by atoms with Crippen molar-refractivity contribution in [1.29, 1.82) is 0 Å². The molecule has 1 atom stereocenters. The number of carbonyl (C=O) groups is 4. The molecule has 4 amide bonds. The number of halogens is 2. The van der Waals surface area contributed by atoms with Crippen LogP contribution in [0.3, 0.4) is 0 Å². The van der Waals surface area contributed by atoms with E-state index in [9.17, 15) is 23.6 Å². The average molecular weight is 801 g/mol. The SMILES string of the molecule is O=C1CCC(Nc2ccc(C3CCN(C4CCN(C(=O)O[C@H]5CC[C@H](Nc6ncc(F)c(-c7cccc(N8CCOCC8=O)c7)n6)CC5)CC4)CC3)c(F)c2)C(=O)N1. The summed E-state index contributed by atoms with van der Waals surface area (Å²) in [4.78, 5) is 63.7. The van der Waals surface area contributed by atoms with Gasteiger partial charge >= 0.3 is 6.09 Å². The zero-order chi connectivity index (χ0) is 40.2. The van der Waals surface area contributed by atoms with Crippen LogP contribution in [-0.4, -0.2) is 114 Å². The van der Waals surface area contributed by atoms with Crippen molar-refractivity contribution in [2.75, 3.05) is 61.5 Å². The van der Waals surface area contributed by atoms with Crippen molar-refractivity contribution in [3.63, 3.8) is 0 Å². The molecular weight excluding hydrogens is 751 g/mol. The second kappa shape index (κ2) is 17.7. The van der Waals surface area contributed by atoms with Gasteiger partial charge in [0.05, 0.1) is 12.8 Å². The van der Waals surface area contributed by atoms with Gasteiger partial charge in [-0.3, -0.25) is 19.7 Å². The Morgan fingerprint density at radius 2 is 1.66 bits per heavy atom. The predicted molar refractivity (Wildman–Crippen MR) is 211 cm³/mol. The predicted octanol–water partition coefficient (Wildman–Crippen LogP) is 5.21. The van der Waals surface area contributed by atoms with E-state index >= 15 is 4.39 Å². The Hall–Kier alpha value is -5.22. The third kappa shape index (κ3) is 9.23. The third-order valence-corrected chi connectivity index (χ3v) is 12.2. The van der Waals surface area contributed by atoms with Gasteiger partial charge < -0.3 is 34.8 Å². The van der Waals surface area contributed by atoms with Gasteiger partial charge in [-0.2, -0.15) is 0 Å². The molecule has 1 saturated carbocycles. The molecule has 4 saturated heterocycles. The Morgan fingerprint density at radius 1 is 0.862 bits per heavy atom. The smallest absolute Gasteiger partial charge is 0.410 e. The number of likely N-dealkylation sites (tertiary alicyclic amines) is 2. The number of hydrogen-bond donors (Lipinski definition) is 3. The molecule has 308 valence electrons. The molecule has 1 aliphatic carbocycles. The summed E-state index contributed by atoms with van der Waals surface area (Å²) >= 11 is 0. The maximum atomic E-state index is 15.3. The highest BCUT2D eigenvalue weighted by atomic mass is 19.1. The van der Waals surface area contributed by atoms with E-state index in [0.717, 1.165) is 57.8 Å². The molecule has 16 heteroatoms. The molecule has 5 aliphatic rings. The molecule has 14 nitrogen and oxygen atoms in total. The van der Waals surface area contributed by atoms with Crippen LogP contribution < -0.4 is 20.9 Å². The van der Waals surface area contributed by atoms with E-state index in [1.807, 2.05) is 23.1 Å². The number of rotatable bonds is 9. The lowest BCUT2D eigenvalue weighted by Gasteiger charge is -2.42. The maximum Gasteiger partial charge on any atom is 0.410 e. The summed E-state index contributed by atoms with van der Waals surface area (Å²) in [6, 6.07) is 12.0. The lowest BCUT2D eigenvalue weighted by molar-refractivity contribution is -0.133. The lowest BCUT2D eigenvalue weighted by atomic mass is 9.87. The highest BCUT2D eigenvalue weighted by molar-refractivity contribution is 6.01. The second-order valence-corrected chi connectivity index (χ2v) is 16.0. The Balaban J connectivity index is 0.754. The van der Waals surface area contributed by atoms with Crippen LogP contribution in [0.25, 0.3) is 11.3 Å². The Kier molecular flexibility index (Phi) is 12.1. The minimum absolute atomic E-state index is 0.0169. The van der Waals surface area contributed by atoms with Crippen LogP contribution in [0, 0.1) is 11.6 Å². The summed E-state index contributed by atoms with van der Waals surface area (Å²) in [6.07, 6.45) is 7.63. The van der Waals surface area contributed by atoms with Gasteiger partial charge in [-0.05, 0) is 107 Å². The number of nitrogens with one attached hydrogen (secondary N) is 3. The van der Waals surface area contributed by atoms with E-state index in [-0.39, 0.29) is 66.4 Å². The molecular formula is C42H50F2N8O6. The van der Waals surface area contributed by atoms with Crippen LogP contribution in [0.2, 0.25) is 0 Å². The second-order valence-electron chi connectivity index (χ2n) is 16.0. The largest absolute Gasteiger partial charge is 0.446 e. The Morgan fingerprint density at radius 3 is 2.40 bits per heavy atom. The molecule has 0 radical (unpaired) electrons. The quantitative estimate of drug-likeness (QED) is 0.244. The first-order chi connectivity index (χ1) is 28.2. The number of amides is 4. The highest BCUT2D eigenvalue weighted by Crippen LogP contribution is 2.34. The summed E-state index contributed by atoms with van der Waals surface area (Å²) in [7, 11) is 0. The number of aromatic nitrogens is 2. The first-order valence-electron chi connectivity index (χ1n) is 20.5. The summed E-state index contributed by atoms with van der Waals surface area (Å²) < 4.78 is 41.4. The number of morpholine rings is 1. The summed E-state index contributed by atoms with van der Waals surface area (Å²) in [6.45, 7) is 3.87. The standard InChI is InChI=1S/C42H50F2N8O6/c43-34-23-29(46-36-10-11-37(53)48-40(36)55)6-9-33(34)26-12-16-50(17-13-26)30-14-18-51(19-15-30)42(56)58-32-7-4-28(5-8-32)47-41-45-24-35(44)39(49-41)27-2-1-3-31(22-27)52-20-21-57-25-38(52)54/h1-3,6,9,22-24,26,28,30,32,36,46H,4-5,7-8,10-21,25H2,(H,45,47,49)(H,48,53,55)/t28-,32-,36?. The zero-order valence-corrected chi connectivity index (χ0v) is 32.5. The number of ether oxygens (including phenoxy) is 2. The van der Waals surface area contributed by atoms with E-state index in [1.54, 1.807) is 23.1 Å². The van der Waals surface area contributed by atoms with Gasteiger partial charge in [-0.1, -0.05) is 18.2 Å². The van der Waals surface area contributed by atoms with Crippen molar-refractivity contribution in [3.8, 4) is 11.3 Å². The summed E-state index contributed by atoms with van der Waals surface area (Å²) in [5.74, 6) is -1.23. The first kappa shape index (κ1) is 39.6. The maximum absolute atomic E-state index is 15.3. The Labute approximate surface area is 336 Å². The van der Waals surface area contributed by atoms with Crippen molar-refractivity contribution in [1.82, 2.24) is 25.1 Å². The summed E-state index contributed by atoms with van der Waals surface area (Å²) in [5, 5.41) is 8.72. The van der Waals surface area contributed by atoms with Crippen LogP contribution in [0.5, 0.6) is 0 Å². The molecule has 8 rings (SSSR count). The normalized spacial score (nSPS) is 24.0. The molecule has 0 spiro atoms. The minimum atomic E-state index is -0.558. The molecule has 4 aliphatic heterocycles. The van der Waals surface area contributed by atoms with Gasteiger partial charge in [-0.25, -0.2) is 23.5 Å². The topological polar surface area (TPSA) is 158 Å². The highest BCUT2D eigenvalue weighted by Gasteiger charge is 2.33. The van der Waals surface area contributed by atoms with Crippen LogP contribution in [0.1, 0.15) is 75.7 Å². The minimum Gasteiger partial charge on any atom is -0.446 e. The van der Waals surface area contributed by atoms with Gasteiger partial charge in [0.1, 0.15) is 30.3 Å². The number of benzene rings is 2. The fourth-order valence-corrected chi connectivity index (χ4v) is 8.95. The van der Waals surface area contributed by atoms with Crippen molar-refractivity contribution in [2.24, 2.45) is 0 Å². The molecule has 1 unspecified atom stereocenters. The van der Waals surface area contributed by atoms with E-state index in [0.29, 0.717) is 80.0 Å². The molecule has 58 heavy (non-hydrogen) atoms. The van der Waals surface area contributed by atoms with Crippen molar-refractivity contribution in [3.05, 3.63) is 65.9 Å². The van der Waals surface area contributed by atoms with Crippen molar-refractivity contribution in [2.45, 2.75) is 94.4 Å². The van der Waals surface area contributed by atoms with Crippen molar-refractivity contribution >= 4 is 41.1 Å². The van der Waals surface area contributed by atoms with E-state index < -0.39 is 11.9 Å². The fraction of sp³-hybridized carbons (Fsp3) is 0.524. The molecule has 1 aromatic heterocycles. The molecule has 5 fully saturated rings. The van der Waals surface area contributed by atoms with Crippen LogP contribution in [0.4, 0.5) is 30.9 Å². The first-order valence-corrected chi connectivity index (χ1v) is 20.5. The lowest BCUT2D eigenvalue weighted by Crippen LogP contribution is -2.49. The number of hydrogen-bond acceptors (Lipinski definition) is 11. The van der Waals surface area contributed by atoms with Gasteiger partial charge in [0.25, 0.3) is 5.91 Å². The monoisotopic (exact) mass is 800 g/mol. The number of nitrogens with zero attached hydrogens (tertiary/aromatic N) is 5. The number of carbonyl (C=O) groups excluding carboxylic acids is 4. The molecule has 3 N–H and O–H groups in total. The van der Waals surface area contributed by atoms with Gasteiger partial charge in [0.15, 0.2) is 5.82 Å². The van der Waals surface area contributed by atoms with E-state index in [1.165, 1.54) is 6.07 Å². The zero-order valence-electron chi connectivity index (χ0n) is 32.5. The number of piperidine rings is 3. The van der Waals surface area contributed by atoms with Crippen LogP contribution in [-0.2, 0) is 23.9 Å². The number of imide groups is 1. The number of anilines is 3. The third-order valence-electron chi connectivity index (χ3n) is 12.2. The van der Waals surface area contributed by atoms with E-state index in [2.05, 4.69) is 30.8 Å². The van der Waals surface area contributed by atoms with Gasteiger partial charge in [0.2, 0.25) is 17.8 Å². The Bertz CT molecular complexity index is 2000. The van der Waals surface area contributed by atoms with Gasteiger partial charge in [0, 0.05) is 55.1 Å². The molecule has 5 heterocycles. The molecule has 2 aromatic carbocycles. The molecule has 3 aromatic rings. The van der Waals surface area contributed by atoms with E-state index in [4.69, 9.17) is 9.47 Å². The van der Waals surface area contributed by atoms with Gasteiger partial charge in [-0.15, -0.1) is 0 Å². The molecule has 0 bridgehead atoms. The fourth-order valence-electron chi connectivity index (χ4n) is 8.95. The average Bonchev–Trinajstić information content (AvgIpc) is 3.24. The van der Waals surface area contributed by atoms with Crippen LogP contribution >= 0.6 is 0 Å². The van der Waals surface area contributed by atoms with Crippen LogP contribution in [0.15, 0.2) is 48.7 Å². The summed E-state index contributed by atoms with van der Waals surface area (Å²) in [5.41, 5.74) is 2.57.